The molecule has 0 aliphatic carbocycles. The van der Waals surface area contributed by atoms with Crippen molar-refractivity contribution in [2.75, 3.05) is 19.8 Å². The van der Waals surface area contributed by atoms with Crippen LogP contribution < -0.4 is 0 Å². The lowest BCUT2D eigenvalue weighted by Gasteiger charge is -2.07. The first-order valence-corrected chi connectivity index (χ1v) is 4.18. The van der Waals surface area contributed by atoms with Crippen LogP contribution in [0.15, 0.2) is 0 Å². The molecule has 1 unspecified atom stereocenters. The zero-order valence-electron chi connectivity index (χ0n) is 7.93. The molecule has 0 aliphatic heterocycles. The lowest BCUT2D eigenvalue weighted by molar-refractivity contribution is -0.150. The third-order valence-electron chi connectivity index (χ3n) is 1.40. The molecule has 0 fully saturated rings. The SMILES string of the molecule is CC(OCCOCCC(=O)O)C(=O)O. The molecule has 0 aromatic rings. The summed E-state index contributed by atoms with van der Waals surface area (Å²) in [6, 6.07) is 0. The zero-order valence-corrected chi connectivity index (χ0v) is 7.93. The van der Waals surface area contributed by atoms with Gasteiger partial charge in [0.25, 0.3) is 0 Å². The van der Waals surface area contributed by atoms with Crippen molar-refractivity contribution in [3.63, 3.8) is 0 Å². The van der Waals surface area contributed by atoms with Crippen molar-refractivity contribution in [3.8, 4) is 0 Å². The maximum absolute atomic E-state index is 10.3. The second-order valence-corrected chi connectivity index (χ2v) is 2.61. The number of carboxylic acids is 2. The molecule has 6 heteroatoms. The molecular weight excluding hydrogens is 192 g/mol. The second kappa shape index (κ2) is 7.28. The van der Waals surface area contributed by atoms with Crippen molar-refractivity contribution in [3.05, 3.63) is 0 Å². The van der Waals surface area contributed by atoms with Crippen LogP contribution >= 0.6 is 0 Å². The molecule has 0 bridgehead atoms. The van der Waals surface area contributed by atoms with Crippen LogP contribution in [0.2, 0.25) is 0 Å². The van der Waals surface area contributed by atoms with Crippen LogP contribution in [-0.2, 0) is 19.1 Å². The van der Waals surface area contributed by atoms with Gasteiger partial charge in [-0.05, 0) is 6.92 Å². The predicted octanol–water partition coefficient (Wildman–Crippen LogP) is -0.0326. The van der Waals surface area contributed by atoms with E-state index in [1.807, 2.05) is 0 Å². The normalized spacial score (nSPS) is 12.4. The van der Waals surface area contributed by atoms with Gasteiger partial charge >= 0.3 is 11.9 Å². The summed E-state index contributed by atoms with van der Waals surface area (Å²) >= 11 is 0. The van der Waals surface area contributed by atoms with Crippen LogP contribution in [-0.4, -0.2) is 48.1 Å². The molecule has 0 heterocycles. The summed E-state index contributed by atoms with van der Waals surface area (Å²) in [5.41, 5.74) is 0. The molecule has 0 aliphatic rings. The van der Waals surface area contributed by atoms with Gasteiger partial charge in [0.2, 0.25) is 0 Å². The number of hydrogen-bond acceptors (Lipinski definition) is 4. The van der Waals surface area contributed by atoms with Crippen LogP contribution in [0.1, 0.15) is 13.3 Å². The van der Waals surface area contributed by atoms with E-state index < -0.39 is 18.0 Å². The Kier molecular flexibility index (Phi) is 6.69. The highest BCUT2D eigenvalue weighted by Gasteiger charge is 2.09. The average Bonchev–Trinajstić information content (AvgIpc) is 2.09. The maximum atomic E-state index is 10.3. The fourth-order valence-corrected chi connectivity index (χ4v) is 0.617. The fourth-order valence-electron chi connectivity index (χ4n) is 0.617. The molecule has 0 aromatic carbocycles. The van der Waals surface area contributed by atoms with Crippen LogP contribution in [0.3, 0.4) is 0 Å². The maximum Gasteiger partial charge on any atom is 0.332 e. The highest BCUT2D eigenvalue weighted by atomic mass is 16.5. The molecule has 82 valence electrons. The Bertz CT molecular complexity index is 190. The lowest BCUT2D eigenvalue weighted by Crippen LogP contribution is -2.22. The summed E-state index contributed by atoms with van der Waals surface area (Å²) < 4.78 is 9.71. The molecule has 1 atom stereocenters. The Morgan fingerprint density at radius 1 is 1.21 bits per heavy atom. The third kappa shape index (κ3) is 7.51. The quantitative estimate of drug-likeness (QED) is 0.541. The van der Waals surface area contributed by atoms with E-state index in [0.29, 0.717) is 0 Å². The Morgan fingerprint density at radius 2 is 1.86 bits per heavy atom. The minimum absolute atomic E-state index is 0.0610. The molecule has 6 nitrogen and oxygen atoms in total. The molecule has 0 saturated carbocycles. The van der Waals surface area contributed by atoms with Crippen LogP contribution in [0.4, 0.5) is 0 Å². The molecule has 0 rings (SSSR count). The van der Waals surface area contributed by atoms with E-state index in [4.69, 9.17) is 19.7 Å². The van der Waals surface area contributed by atoms with Gasteiger partial charge in [-0.15, -0.1) is 0 Å². The highest BCUT2D eigenvalue weighted by Crippen LogP contribution is 1.90. The highest BCUT2D eigenvalue weighted by molar-refractivity contribution is 5.71. The van der Waals surface area contributed by atoms with Crippen molar-refractivity contribution in [2.24, 2.45) is 0 Å². The van der Waals surface area contributed by atoms with Gasteiger partial charge in [-0.3, -0.25) is 4.79 Å². The minimum Gasteiger partial charge on any atom is -0.481 e. The number of rotatable bonds is 8. The molecule has 0 saturated heterocycles. The van der Waals surface area contributed by atoms with Gasteiger partial charge in [0.1, 0.15) is 0 Å². The van der Waals surface area contributed by atoms with Crippen molar-refractivity contribution in [1.29, 1.82) is 0 Å². The molecular formula is C8H14O6. The summed E-state index contributed by atoms with van der Waals surface area (Å²) in [6.07, 6.45) is -0.924. The largest absolute Gasteiger partial charge is 0.481 e. The molecule has 14 heavy (non-hydrogen) atoms. The van der Waals surface area contributed by atoms with Crippen LogP contribution in [0.5, 0.6) is 0 Å². The first kappa shape index (κ1) is 12.9. The van der Waals surface area contributed by atoms with E-state index >= 15 is 0 Å². The van der Waals surface area contributed by atoms with Crippen LogP contribution in [0.25, 0.3) is 0 Å². The minimum atomic E-state index is -1.03. The molecule has 0 radical (unpaired) electrons. The third-order valence-corrected chi connectivity index (χ3v) is 1.40. The van der Waals surface area contributed by atoms with Gasteiger partial charge in [-0.2, -0.15) is 0 Å². The summed E-state index contributed by atoms with van der Waals surface area (Å²) in [7, 11) is 0. The molecule has 0 spiro atoms. The summed E-state index contributed by atoms with van der Waals surface area (Å²) in [4.78, 5) is 20.3. The first-order valence-electron chi connectivity index (χ1n) is 4.18. The number of carboxylic acid groups (broad SMARTS) is 2. The molecule has 0 amide bonds. The molecule has 2 N–H and O–H groups in total. The van der Waals surface area contributed by atoms with Crippen molar-refractivity contribution < 1.29 is 29.3 Å². The molecule has 0 aromatic heterocycles. The van der Waals surface area contributed by atoms with Crippen LogP contribution in [0, 0.1) is 0 Å². The topological polar surface area (TPSA) is 93.1 Å². The van der Waals surface area contributed by atoms with Gasteiger partial charge in [0.05, 0.1) is 26.2 Å². The predicted molar refractivity (Wildman–Crippen MR) is 46.1 cm³/mol. The van der Waals surface area contributed by atoms with Gasteiger partial charge in [-0.1, -0.05) is 0 Å². The number of carbonyl (C=O) groups is 2. The number of aliphatic carboxylic acids is 2. The van der Waals surface area contributed by atoms with Gasteiger partial charge in [-0.25, -0.2) is 4.79 Å². The average molecular weight is 206 g/mol. The van der Waals surface area contributed by atoms with Crippen molar-refractivity contribution in [1.82, 2.24) is 0 Å². The standard InChI is InChI=1S/C8H14O6/c1-6(8(11)12)14-5-4-13-3-2-7(9)10/h6H,2-5H2,1H3,(H,9,10)(H,11,12). The second-order valence-electron chi connectivity index (χ2n) is 2.61. The summed E-state index contributed by atoms with van der Waals surface area (Å²) in [5, 5.41) is 16.7. The summed E-state index contributed by atoms with van der Waals surface area (Å²) in [6.45, 7) is 1.87. The van der Waals surface area contributed by atoms with Crippen molar-refractivity contribution >= 4 is 11.9 Å². The monoisotopic (exact) mass is 206 g/mol. The Labute approximate surface area is 81.4 Å². The van der Waals surface area contributed by atoms with E-state index in [1.165, 1.54) is 6.92 Å². The van der Waals surface area contributed by atoms with E-state index in [2.05, 4.69) is 0 Å². The van der Waals surface area contributed by atoms with E-state index in [-0.39, 0.29) is 26.2 Å². The van der Waals surface area contributed by atoms with E-state index in [9.17, 15) is 9.59 Å². The van der Waals surface area contributed by atoms with E-state index in [1.54, 1.807) is 0 Å². The zero-order chi connectivity index (χ0) is 11.0. The van der Waals surface area contributed by atoms with Gasteiger partial charge in [0.15, 0.2) is 6.10 Å². The van der Waals surface area contributed by atoms with Gasteiger partial charge in [0, 0.05) is 0 Å². The van der Waals surface area contributed by atoms with Crippen molar-refractivity contribution in [2.45, 2.75) is 19.4 Å². The number of ether oxygens (including phenoxy) is 2. The van der Waals surface area contributed by atoms with E-state index in [0.717, 1.165) is 0 Å². The Hall–Kier alpha value is -1.14. The fraction of sp³-hybridized carbons (Fsp3) is 0.750. The Morgan fingerprint density at radius 3 is 2.36 bits per heavy atom. The Balaban J connectivity index is 3.21. The lowest BCUT2D eigenvalue weighted by atomic mass is 10.4. The smallest absolute Gasteiger partial charge is 0.332 e. The first-order chi connectivity index (χ1) is 6.54. The van der Waals surface area contributed by atoms with Gasteiger partial charge < -0.3 is 19.7 Å². The summed E-state index contributed by atoms with van der Waals surface area (Å²) in [5.74, 6) is -1.96. The number of hydrogen-bond donors (Lipinski definition) is 2.